The molecule has 1 atom stereocenters. The van der Waals surface area contributed by atoms with E-state index in [2.05, 4.69) is 10.6 Å². The molecule has 0 bridgehead atoms. The molecule has 1 aliphatic carbocycles. The molecule has 0 unspecified atom stereocenters. The molecule has 3 aromatic rings. The molecule has 4 rings (SSSR count). The Morgan fingerprint density at radius 2 is 1.63 bits per heavy atom. The van der Waals surface area contributed by atoms with E-state index in [0.717, 1.165) is 36.6 Å². The van der Waals surface area contributed by atoms with Crippen molar-refractivity contribution in [2.24, 2.45) is 0 Å². The quantitative estimate of drug-likeness (QED) is 0.478. The van der Waals surface area contributed by atoms with Gasteiger partial charge in [-0.15, -0.1) is 11.3 Å². The van der Waals surface area contributed by atoms with Crippen molar-refractivity contribution in [3.63, 3.8) is 0 Å². The Morgan fingerprint density at radius 1 is 0.943 bits per heavy atom. The molecule has 0 aliphatic heterocycles. The van der Waals surface area contributed by atoms with Gasteiger partial charge in [-0.3, -0.25) is 19.3 Å². The van der Waals surface area contributed by atoms with Gasteiger partial charge in [0, 0.05) is 11.6 Å². The third-order valence-electron chi connectivity index (χ3n) is 5.93. The lowest BCUT2D eigenvalue weighted by molar-refractivity contribution is -0.126. The van der Waals surface area contributed by atoms with Crippen LogP contribution in [0.25, 0.3) is 0 Å². The monoisotopic (exact) mass is 497 g/mol. The van der Waals surface area contributed by atoms with Crippen molar-refractivity contribution in [1.82, 2.24) is 10.6 Å². The number of hydrogen-bond donors (Lipinski definition) is 2. The van der Waals surface area contributed by atoms with Gasteiger partial charge in [0.2, 0.25) is 11.8 Å². The minimum absolute atomic E-state index is 0.0656. The molecule has 0 radical (unpaired) electrons. The molecular formula is C26H25F2N3O3S. The predicted octanol–water partition coefficient (Wildman–Crippen LogP) is 4.59. The summed E-state index contributed by atoms with van der Waals surface area (Å²) >= 11 is 1.21. The zero-order valence-electron chi connectivity index (χ0n) is 18.9. The maximum atomic E-state index is 15.0. The van der Waals surface area contributed by atoms with Gasteiger partial charge in [0.25, 0.3) is 5.91 Å². The number of carbonyl (C=O) groups excluding carboxylic acids is 3. The SMILES string of the molecule is O=C(NCC(=O)N(c1ccccc1F)[C@H](C(=O)NC1CCCC1)c1ccccc1F)c1cccs1. The Balaban J connectivity index is 1.71. The molecule has 1 heterocycles. The molecule has 182 valence electrons. The van der Waals surface area contributed by atoms with E-state index in [1.165, 1.54) is 47.7 Å². The molecule has 1 fully saturated rings. The van der Waals surface area contributed by atoms with E-state index in [1.807, 2.05) is 0 Å². The van der Waals surface area contributed by atoms with Crippen LogP contribution in [-0.4, -0.2) is 30.3 Å². The second kappa shape index (κ2) is 11.2. The van der Waals surface area contributed by atoms with Crippen LogP contribution in [0.1, 0.15) is 47.0 Å². The average Bonchev–Trinajstić information content (AvgIpc) is 3.57. The maximum Gasteiger partial charge on any atom is 0.261 e. The first kappa shape index (κ1) is 24.5. The third-order valence-corrected chi connectivity index (χ3v) is 6.80. The molecule has 2 aromatic carbocycles. The average molecular weight is 498 g/mol. The van der Waals surface area contributed by atoms with Crippen LogP contribution in [-0.2, 0) is 9.59 Å². The Kier molecular flexibility index (Phi) is 7.87. The maximum absolute atomic E-state index is 15.0. The molecule has 6 nitrogen and oxygen atoms in total. The first-order valence-corrected chi connectivity index (χ1v) is 12.3. The molecule has 1 saturated carbocycles. The van der Waals surface area contributed by atoms with Gasteiger partial charge >= 0.3 is 0 Å². The van der Waals surface area contributed by atoms with Crippen molar-refractivity contribution in [3.8, 4) is 0 Å². The summed E-state index contributed by atoms with van der Waals surface area (Å²) in [7, 11) is 0. The van der Waals surface area contributed by atoms with E-state index in [-0.39, 0.29) is 17.3 Å². The summed E-state index contributed by atoms with van der Waals surface area (Å²) in [6.07, 6.45) is 3.47. The Hall–Kier alpha value is -3.59. The lowest BCUT2D eigenvalue weighted by atomic mass is 10.0. The highest BCUT2D eigenvalue weighted by Crippen LogP contribution is 2.32. The summed E-state index contributed by atoms with van der Waals surface area (Å²) in [6, 6.07) is 12.8. The fraction of sp³-hybridized carbons (Fsp3) is 0.269. The van der Waals surface area contributed by atoms with E-state index in [9.17, 15) is 23.2 Å². The predicted molar refractivity (Wildman–Crippen MR) is 130 cm³/mol. The van der Waals surface area contributed by atoms with Gasteiger partial charge in [-0.2, -0.15) is 0 Å². The van der Waals surface area contributed by atoms with Crippen molar-refractivity contribution < 1.29 is 23.2 Å². The molecule has 0 spiro atoms. The number of amides is 3. The van der Waals surface area contributed by atoms with Crippen LogP contribution in [0.15, 0.2) is 66.0 Å². The summed E-state index contributed by atoms with van der Waals surface area (Å²) < 4.78 is 29.9. The zero-order valence-corrected chi connectivity index (χ0v) is 19.7. The molecule has 3 amide bonds. The number of carbonyl (C=O) groups is 3. The number of nitrogens with zero attached hydrogens (tertiary/aromatic N) is 1. The van der Waals surface area contributed by atoms with Crippen LogP contribution in [0.2, 0.25) is 0 Å². The molecule has 9 heteroatoms. The fourth-order valence-electron chi connectivity index (χ4n) is 4.25. The lowest BCUT2D eigenvalue weighted by Gasteiger charge is -2.32. The minimum Gasteiger partial charge on any atom is -0.351 e. The summed E-state index contributed by atoms with van der Waals surface area (Å²) in [6.45, 7) is -0.507. The van der Waals surface area contributed by atoms with Gasteiger partial charge in [-0.05, 0) is 42.5 Å². The molecular weight excluding hydrogens is 472 g/mol. The molecule has 2 N–H and O–H groups in total. The first-order chi connectivity index (χ1) is 17.0. The minimum atomic E-state index is -1.47. The van der Waals surface area contributed by atoms with Gasteiger partial charge in [0.1, 0.15) is 17.7 Å². The highest BCUT2D eigenvalue weighted by Gasteiger charge is 2.37. The second-order valence-electron chi connectivity index (χ2n) is 8.29. The Morgan fingerprint density at radius 3 is 2.29 bits per heavy atom. The summed E-state index contributed by atoms with van der Waals surface area (Å²) in [5.74, 6) is -3.28. The van der Waals surface area contributed by atoms with Crippen molar-refractivity contribution in [2.45, 2.75) is 37.8 Å². The van der Waals surface area contributed by atoms with Gasteiger partial charge in [0.15, 0.2) is 0 Å². The first-order valence-electron chi connectivity index (χ1n) is 11.4. The van der Waals surface area contributed by atoms with Gasteiger partial charge < -0.3 is 10.6 Å². The van der Waals surface area contributed by atoms with Crippen LogP contribution >= 0.6 is 11.3 Å². The van der Waals surface area contributed by atoms with Crippen LogP contribution in [0.3, 0.4) is 0 Å². The number of para-hydroxylation sites is 1. The van der Waals surface area contributed by atoms with Gasteiger partial charge in [-0.1, -0.05) is 49.2 Å². The Bertz CT molecular complexity index is 1200. The molecule has 35 heavy (non-hydrogen) atoms. The van der Waals surface area contributed by atoms with Gasteiger partial charge in [0.05, 0.1) is 17.1 Å². The largest absolute Gasteiger partial charge is 0.351 e. The molecule has 0 saturated heterocycles. The molecule has 1 aromatic heterocycles. The fourth-order valence-corrected chi connectivity index (χ4v) is 4.89. The van der Waals surface area contributed by atoms with Gasteiger partial charge in [-0.25, -0.2) is 8.78 Å². The number of thiophene rings is 1. The van der Waals surface area contributed by atoms with E-state index >= 15 is 0 Å². The van der Waals surface area contributed by atoms with Crippen LogP contribution in [0.5, 0.6) is 0 Å². The smallest absolute Gasteiger partial charge is 0.261 e. The van der Waals surface area contributed by atoms with Crippen molar-refractivity contribution in [2.75, 3.05) is 11.4 Å². The summed E-state index contributed by atoms with van der Waals surface area (Å²) in [5.41, 5.74) is -0.248. The number of rotatable bonds is 8. The van der Waals surface area contributed by atoms with Crippen LogP contribution in [0, 0.1) is 11.6 Å². The summed E-state index contributed by atoms with van der Waals surface area (Å²) in [5, 5.41) is 7.15. The van der Waals surface area contributed by atoms with E-state index in [1.54, 1.807) is 23.6 Å². The number of anilines is 1. The highest BCUT2D eigenvalue weighted by molar-refractivity contribution is 7.12. The molecule has 1 aliphatic rings. The number of hydrogen-bond acceptors (Lipinski definition) is 4. The van der Waals surface area contributed by atoms with Crippen LogP contribution in [0.4, 0.5) is 14.5 Å². The number of benzene rings is 2. The van der Waals surface area contributed by atoms with Crippen molar-refractivity contribution >= 4 is 34.7 Å². The standard InChI is InChI=1S/C26H25F2N3O3S/c27-19-11-4-3-10-18(19)24(26(34)30-17-8-1-2-9-17)31(21-13-6-5-12-20(21)28)23(32)16-29-25(33)22-14-7-15-35-22/h3-7,10-15,17,24H,1-2,8-9,16H2,(H,29,33)(H,30,34)/t24-/m0/s1. The van der Waals surface area contributed by atoms with Crippen molar-refractivity contribution in [1.29, 1.82) is 0 Å². The van der Waals surface area contributed by atoms with E-state index < -0.39 is 41.9 Å². The summed E-state index contributed by atoms with van der Waals surface area (Å²) in [4.78, 5) is 40.8. The van der Waals surface area contributed by atoms with E-state index in [4.69, 9.17) is 0 Å². The van der Waals surface area contributed by atoms with E-state index in [0.29, 0.717) is 4.88 Å². The second-order valence-corrected chi connectivity index (χ2v) is 9.24. The Labute approximate surface area is 206 Å². The third kappa shape index (κ3) is 5.74. The highest BCUT2D eigenvalue weighted by atomic mass is 32.1. The van der Waals surface area contributed by atoms with Crippen molar-refractivity contribution in [3.05, 3.63) is 88.1 Å². The zero-order chi connectivity index (χ0) is 24.8. The van der Waals surface area contributed by atoms with Crippen LogP contribution < -0.4 is 15.5 Å². The lowest BCUT2D eigenvalue weighted by Crippen LogP contribution is -2.49. The topological polar surface area (TPSA) is 78.5 Å². The number of halogens is 2. The number of nitrogens with one attached hydrogen (secondary N) is 2. The normalized spacial score (nSPS) is 14.3.